The summed E-state index contributed by atoms with van der Waals surface area (Å²) in [6.45, 7) is 0.324. The third kappa shape index (κ3) is 1.47. The molecule has 4 heteroatoms. The molecule has 1 aromatic carbocycles. The first-order chi connectivity index (χ1) is 5.90. The maximum Gasteiger partial charge on any atom is 0.231 e. The number of halogens is 1. The number of fused-ring (bicyclic) bond motifs is 1. The van der Waals surface area contributed by atoms with Crippen LogP contribution in [0.5, 0.6) is 11.5 Å². The molecule has 0 unspecified atom stereocenters. The van der Waals surface area contributed by atoms with Gasteiger partial charge in [-0.05, 0) is 18.2 Å². The van der Waals surface area contributed by atoms with Crippen LogP contribution in [0.4, 0.5) is 0 Å². The first-order valence-electron chi connectivity index (χ1n) is 3.48. The lowest BCUT2D eigenvalue weighted by molar-refractivity contribution is 0.174. The highest BCUT2D eigenvalue weighted by Crippen LogP contribution is 2.35. The standard InChI is InChI=1S/C8H7ClO2S/c9-4-12-6-1-2-7-8(3-6)11-5-10-7/h1-3H,4-5H2. The molecule has 12 heavy (non-hydrogen) atoms. The number of thioether (sulfide) groups is 1. The largest absolute Gasteiger partial charge is 0.454 e. The van der Waals surface area contributed by atoms with Crippen molar-refractivity contribution in [2.45, 2.75) is 4.90 Å². The van der Waals surface area contributed by atoms with Gasteiger partial charge >= 0.3 is 0 Å². The highest BCUT2D eigenvalue weighted by molar-refractivity contribution is 8.00. The molecule has 1 aliphatic heterocycles. The number of rotatable bonds is 2. The molecule has 0 aliphatic carbocycles. The van der Waals surface area contributed by atoms with E-state index in [1.54, 1.807) is 11.8 Å². The second-order valence-corrected chi connectivity index (χ2v) is 3.90. The van der Waals surface area contributed by atoms with Crippen LogP contribution < -0.4 is 9.47 Å². The lowest BCUT2D eigenvalue weighted by Gasteiger charge is -1.98. The van der Waals surface area contributed by atoms with Gasteiger partial charge in [0.05, 0.1) is 5.21 Å². The number of benzene rings is 1. The van der Waals surface area contributed by atoms with Crippen LogP contribution in [0, 0.1) is 0 Å². The van der Waals surface area contributed by atoms with Gasteiger partial charge in [-0.15, -0.1) is 23.4 Å². The molecule has 2 nitrogen and oxygen atoms in total. The van der Waals surface area contributed by atoms with Crippen molar-refractivity contribution in [3.05, 3.63) is 18.2 Å². The van der Waals surface area contributed by atoms with E-state index >= 15 is 0 Å². The molecule has 0 bridgehead atoms. The number of hydrogen-bond acceptors (Lipinski definition) is 3. The number of alkyl halides is 1. The van der Waals surface area contributed by atoms with Gasteiger partial charge in [0.25, 0.3) is 0 Å². The molecule has 0 aromatic heterocycles. The van der Waals surface area contributed by atoms with E-state index in [0.717, 1.165) is 16.4 Å². The molecule has 0 saturated heterocycles. The van der Waals surface area contributed by atoms with Crippen molar-refractivity contribution in [3.8, 4) is 11.5 Å². The Morgan fingerprint density at radius 1 is 1.33 bits per heavy atom. The Morgan fingerprint density at radius 3 is 3.00 bits per heavy atom. The summed E-state index contributed by atoms with van der Waals surface area (Å²) in [5.41, 5.74) is 0. The summed E-state index contributed by atoms with van der Waals surface area (Å²) in [7, 11) is 0. The van der Waals surface area contributed by atoms with E-state index in [0.29, 0.717) is 12.0 Å². The molecule has 1 heterocycles. The molecule has 0 radical (unpaired) electrons. The fourth-order valence-corrected chi connectivity index (χ4v) is 1.89. The summed E-state index contributed by atoms with van der Waals surface area (Å²) in [5, 5.41) is 0.555. The van der Waals surface area contributed by atoms with Crippen LogP contribution in [0.15, 0.2) is 23.1 Å². The fraction of sp³-hybridized carbons (Fsp3) is 0.250. The Morgan fingerprint density at radius 2 is 2.17 bits per heavy atom. The average molecular weight is 203 g/mol. The summed E-state index contributed by atoms with van der Waals surface area (Å²) >= 11 is 7.15. The van der Waals surface area contributed by atoms with Crippen molar-refractivity contribution in [2.75, 3.05) is 12.0 Å². The number of ether oxygens (including phenoxy) is 2. The van der Waals surface area contributed by atoms with Gasteiger partial charge in [0.15, 0.2) is 11.5 Å². The quantitative estimate of drug-likeness (QED) is 0.543. The first-order valence-corrected chi connectivity index (χ1v) is 5.00. The second kappa shape index (κ2) is 3.46. The zero-order valence-corrected chi connectivity index (χ0v) is 7.82. The van der Waals surface area contributed by atoms with E-state index in [1.807, 2.05) is 18.2 Å². The van der Waals surface area contributed by atoms with Gasteiger partial charge in [-0.1, -0.05) is 0 Å². The molecule has 0 atom stereocenters. The van der Waals surface area contributed by atoms with Gasteiger partial charge in [0.2, 0.25) is 6.79 Å². The Hall–Kier alpha value is -0.540. The van der Waals surface area contributed by atoms with E-state index in [-0.39, 0.29) is 0 Å². The Bertz CT molecular complexity index is 290. The van der Waals surface area contributed by atoms with Crippen molar-refractivity contribution in [2.24, 2.45) is 0 Å². The highest BCUT2D eigenvalue weighted by Gasteiger charge is 2.12. The van der Waals surface area contributed by atoms with Crippen molar-refractivity contribution in [1.29, 1.82) is 0 Å². The molecular formula is C8H7ClO2S. The third-order valence-electron chi connectivity index (χ3n) is 1.57. The zero-order chi connectivity index (χ0) is 8.39. The van der Waals surface area contributed by atoms with Crippen molar-refractivity contribution in [1.82, 2.24) is 0 Å². The molecule has 0 N–H and O–H groups in total. The fourth-order valence-electron chi connectivity index (χ4n) is 1.03. The maximum absolute atomic E-state index is 5.58. The molecule has 0 saturated carbocycles. The highest BCUT2D eigenvalue weighted by atomic mass is 35.5. The van der Waals surface area contributed by atoms with E-state index in [2.05, 4.69) is 0 Å². The van der Waals surface area contributed by atoms with Gasteiger partial charge in [-0.25, -0.2) is 0 Å². The summed E-state index contributed by atoms with van der Waals surface area (Å²) < 4.78 is 10.4. The van der Waals surface area contributed by atoms with Crippen LogP contribution in [-0.2, 0) is 0 Å². The molecule has 2 rings (SSSR count). The lowest BCUT2D eigenvalue weighted by Crippen LogP contribution is -1.92. The molecule has 0 amide bonds. The normalized spacial score (nSPS) is 13.4. The van der Waals surface area contributed by atoms with Crippen LogP contribution in [0.2, 0.25) is 0 Å². The van der Waals surface area contributed by atoms with E-state index in [1.165, 1.54) is 0 Å². The smallest absolute Gasteiger partial charge is 0.231 e. The lowest BCUT2D eigenvalue weighted by atomic mass is 10.3. The Balaban J connectivity index is 2.26. The molecule has 0 spiro atoms. The summed E-state index contributed by atoms with van der Waals surface area (Å²) in [6, 6.07) is 5.81. The van der Waals surface area contributed by atoms with Gasteiger partial charge in [0, 0.05) is 4.90 Å². The molecular weight excluding hydrogens is 196 g/mol. The van der Waals surface area contributed by atoms with Crippen molar-refractivity contribution < 1.29 is 9.47 Å². The second-order valence-electron chi connectivity index (χ2n) is 2.27. The van der Waals surface area contributed by atoms with E-state index < -0.39 is 0 Å². The van der Waals surface area contributed by atoms with Gasteiger partial charge in [0.1, 0.15) is 0 Å². The predicted octanol–water partition coefficient (Wildman–Crippen LogP) is 2.70. The maximum atomic E-state index is 5.58. The average Bonchev–Trinajstić information content (AvgIpc) is 2.51. The summed E-state index contributed by atoms with van der Waals surface area (Å²) in [6.07, 6.45) is 0. The molecule has 64 valence electrons. The van der Waals surface area contributed by atoms with Gasteiger partial charge < -0.3 is 9.47 Å². The molecule has 1 aromatic rings. The minimum absolute atomic E-state index is 0.324. The van der Waals surface area contributed by atoms with E-state index in [9.17, 15) is 0 Å². The summed E-state index contributed by atoms with van der Waals surface area (Å²) in [4.78, 5) is 1.11. The SMILES string of the molecule is ClCSc1ccc2c(c1)OCO2. The zero-order valence-electron chi connectivity index (χ0n) is 6.25. The van der Waals surface area contributed by atoms with Crippen LogP contribution in [-0.4, -0.2) is 12.0 Å². The molecule has 1 aliphatic rings. The van der Waals surface area contributed by atoms with Gasteiger partial charge in [-0.3, -0.25) is 0 Å². The van der Waals surface area contributed by atoms with Crippen molar-refractivity contribution >= 4 is 23.4 Å². The molecule has 0 fully saturated rings. The minimum atomic E-state index is 0.324. The first kappa shape index (κ1) is 8.08. The Kier molecular flexibility index (Phi) is 2.33. The minimum Gasteiger partial charge on any atom is -0.454 e. The third-order valence-corrected chi connectivity index (χ3v) is 2.59. The predicted molar refractivity (Wildman–Crippen MR) is 49.1 cm³/mol. The van der Waals surface area contributed by atoms with Crippen LogP contribution in [0.1, 0.15) is 0 Å². The Labute approximate surface area is 79.8 Å². The van der Waals surface area contributed by atoms with Gasteiger partial charge in [-0.2, -0.15) is 0 Å². The topological polar surface area (TPSA) is 18.5 Å². The van der Waals surface area contributed by atoms with Crippen LogP contribution in [0.3, 0.4) is 0 Å². The van der Waals surface area contributed by atoms with Crippen LogP contribution >= 0.6 is 23.4 Å². The summed E-state index contributed by atoms with van der Waals surface area (Å²) in [5.74, 6) is 1.62. The number of hydrogen-bond donors (Lipinski definition) is 0. The van der Waals surface area contributed by atoms with E-state index in [4.69, 9.17) is 21.1 Å². The van der Waals surface area contributed by atoms with Crippen molar-refractivity contribution in [3.63, 3.8) is 0 Å². The monoisotopic (exact) mass is 202 g/mol. The van der Waals surface area contributed by atoms with Crippen LogP contribution in [0.25, 0.3) is 0 Å².